The topological polar surface area (TPSA) is 70.2 Å². The molecule has 4 rings (SSSR count). The molecule has 2 heterocycles. The second kappa shape index (κ2) is 10.3. The molecule has 176 valence electrons. The van der Waals surface area contributed by atoms with Gasteiger partial charge in [-0.2, -0.15) is 0 Å². The molecule has 1 amide bonds. The molecule has 9 heteroatoms. The number of hydrogen-bond donors (Lipinski definition) is 1. The van der Waals surface area contributed by atoms with Crippen LogP contribution >= 0.6 is 11.3 Å². The summed E-state index contributed by atoms with van der Waals surface area (Å²) in [5, 5.41) is 4.04. The quantitative estimate of drug-likeness (QED) is 0.544. The van der Waals surface area contributed by atoms with Gasteiger partial charge in [0.2, 0.25) is 0 Å². The Morgan fingerprint density at radius 1 is 1.06 bits per heavy atom. The summed E-state index contributed by atoms with van der Waals surface area (Å²) in [7, 11) is 7.26. The number of piperazine rings is 1. The van der Waals surface area contributed by atoms with E-state index in [4.69, 9.17) is 14.5 Å². The van der Waals surface area contributed by atoms with E-state index in [0.29, 0.717) is 23.6 Å². The molecule has 1 aliphatic rings. The Labute approximate surface area is 198 Å². The molecule has 33 heavy (non-hydrogen) atoms. The Morgan fingerprint density at radius 2 is 1.79 bits per heavy atom. The number of benzene rings is 2. The fraction of sp³-hybridized carbons (Fsp3) is 0.417. The molecule has 1 N–H and O–H groups in total. The van der Waals surface area contributed by atoms with Crippen LogP contribution in [0.2, 0.25) is 0 Å². The minimum absolute atomic E-state index is 0.0298. The van der Waals surface area contributed by atoms with Crippen molar-refractivity contribution in [1.82, 2.24) is 15.2 Å². The number of aromatic nitrogens is 1. The number of ether oxygens (including phenoxy) is 2. The average molecular weight is 470 g/mol. The number of nitrogens with zero attached hydrogens (tertiary/aromatic N) is 4. The van der Waals surface area contributed by atoms with Crippen molar-refractivity contribution < 1.29 is 14.3 Å². The predicted octanol–water partition coefficient (Wildman–Crippen LogP) is 2.93. The van der Waals surface area contributed by atoms with Gasteiger partial charge in [0, 0.05) is 64.6 Å². The number of rotatable bonds is 8. The van der Waals surface area contributed by atoms with E-state index in [9.17, 15) is 4.79 Å². The fourth-order valence-electron chi connectivity index (χ4n) is 3.94. The molecule has 0 spiro atoms. The molecule has 0 bridgehead atoms. The number of amides is 1. The molecule has 3 aromatic rings. The predicted molar refractivity (Wildman–Crippen MR) is 134 cm³/mol. The third-order valence-electron chi connectivity index (χ3n) is 5.89. The average Bonchev–Trinajstić information content (AvgIpc) is 3.28. The first kappa shape index (κ1) is 23.1. The zero-order valence-electron chi connectivity index (χ0n) is 19.6. The van der Waals surface area contributed by atoms with Crippen molar-refractivity contribution in [3.8, 4) is 11.5 Å². The lowest BCUT2D eigenvalue weighted by atomic mass is 10.2. The van der Waals surface area contributed by atoms with E-state index in [1.807, 2.05) is 55.4 Å². The van der Waals surface area contributed by atoms with Gasteiger partial charge in [-0.15, -0.1) is 0 Å². The van der Waals surface area contributed by atoms with Gasteiger partial charge in [-0.05, 0) is 36.4 Å². The van der Waals surface area contributed by atoms with Crippen molar-refractivity contribution in [2.75, 3.05) is 77.4 Å². The standard InChI is InChI=1S/C24H31N5O3S/c1-27(2)18-7-5-17(6-8-18)23(30)25-11-12-28-13-15-29(16-14-28)24-26-21-20(33-24)10-9-19(31-3)22(21)32-4/h5-10H,11-16H2,1-4H3,(H,25,30). The third kappa shape index (κ3) is 5.15. The van der Waals surface area contributed by atoms with E-state index in [-0.39, 0.29) is 5.91 Å². The molecule has 0 radical (unpaired) electrons. The summed E-state index contributed by atoms with van der Waals surface area (Å²) in [5.41, 5.74) is 2.61. The highest BCUT2D eigenvalue weighted by Gasteiger charge is 2.22. The van der Waals surface area contributed by atoms with Crippen molar-refractivity contribution in [3.05, 3.63) is 42.0 Å². The Morgan fingerprint density at radius 3 is 2.42 bits per heavy atom. The number of carbonyl (C=O) groups excluding carboxylic acids is 1. The van der Waals surface area contributed by atoms with Crippen molar-refractivity contribution in [2.45, 2.75) is 0 Å². The summed E-state index contributed by atoms with van der Waals surface area (Å²) in [4.78, 5) is 24.0. The fourth-order valence-corrected chi connectivity index (χ4v) is 4.95. The molecular weight excluding hydrogens is 438 g/mol. The lowest BCUT2D eigenvalue weighted by Crippen LogP contribution is -2.48. The summed E-state index contributed by atoms with van der Waals surface area (Å²) in [6.07, 6.45) is 0. The number of fused-ring (bicyclic) bond motifs is 1. The van der Waals surface area contributed by atoms with Crippen LogP contribution in [0.25, 0.3) is 10.2 Å². The minimum atomic E-state index is -0.0298. The molecule has 1 aliphatic heterocycles. The Bertz CT molecular complexity index is 1090. The van der Waals surface area contributed by atoms with Crippen LogP contribution in [-0.4, -0.2) is 83.4 Å². The van der Waals surface area contributed by atoms with E-state index in [1.54, 1.807) is 25.6 Å². The maximum atomic E-state index is 12.4. The lowest BCUT2D eigenvalue weighted by Gasteiger charge is -2.34. The molecule has 1 aromatic heterocycles. The van der Waals surface area contributed by atoms with E-state index < -0.39 is 0 Å². The largest absolute Gasteiger partial charge is 0.493 e. The van der Waals surface area contributed by atoms with Gasteiger partial charge >= 0.3 is 0 Å². The van der Waals surface area contributed by atoms with Gasteiger partial charge in [0.05, 0.1) is 18.9 Å². The first-order valence-electron chi connectivity index (χ1n) is 11.0. The second-order valence-corrected chi connectivity index (χ2v) is 9.18. The first-order chi connectivity index (χ1) is 16.0. The van der Waals surface area contributed by atoms with Crippen LogP contribution in [-0.2, 0) is 0 Å². The van der Waals surface area contributed by atoms with E-state index in [1.165, 1.54) is 0 Å². The zero-order chi connectivity index (χ0) is 23.4. The van der Waals surface area contributed by atoms with Gasteiger partial charge in [-0.3, -0.25) is 9.69 Å². The summed E-state index contributed by atoms with van der Waals surface area (Å²) < 4.78 is 12.0. The molecule has 1 saturated heterocycles. The molecule has 0 aliphatic carbocycles. The smallest absolute Gasteiger partial charge is 0.251 e. The zero-order valence-corrected chi connectivity index (χ0v) is 20.4. The Hall–Kier alpha value is -3.04. The number of methoxy groups -OCH3 is 2. The van der Waals surface area contributed by atoms with Crippen molar-refractivity contribution in [2.24, 2.45) is 0 Å². The molecule has 0 atom stereocenters. The molecular formula is C24H31N5O3S. The van der Waals surface area contributed by atoms with Crippen LogP contribution in [0.5, 0.6) is 11.5 Å². The summed E-state index contributed by atoms with van der Waals surface area (Å²) in [6, 6.07) is 11.6. The highest BCUT2D eigenvalue weighted by molar-refractivity contribution is 7.22. The van der Waals surface area contributed by atoms with Gasteiger partial charge in [0.25, 0.3) is 5.91 Å². The maximum Gasteiger partial charge on any atom is 0.251 e. The van der Waals surface area contributed by atoms with E-state index >= 15 is 0 Å². The highest BCUT2D eigenvalue weighted by atomic mass is 32.1. The molecule has 0 saturated carbocycles. The summed E-state index contributed by atoms with van der Waals surface area (Å²) in [6.45, 7) is 5.14. The van der Waals surface area contributed by atoms with Gasteiger partial charge < -0.3 is 24.6 Å². The van der Waals surface area contributed by atoms with Crippen LogP contribution in [0.4, 0.5) is 10.8 Å². The molecule has 2 aromatic carbocycles. The van der Waals surface area contributed by atoms with E-state index in [2.05, 4.69) is 15.1 Å². The van der Waals surface area contributed by atoms with Crippen LogP contribution in [0.3, 0.4) is 0 Å². The van der Waals surface area contributed by atoms with Crippen LogP contribution < -0.4 is 24.6 Å². The SMILES string of the molecule is COc1ccc2sc(N3CCN(CCNC(=O)c4ccc(N(C)C)cc4)CC3)nc2c1OC. The maximum absolute atomic E-state index is 12.4. The van der Waals surface area contributed by atoms with Gasteiger partial charge in [-0.1, -0.05) is 11.3 Å². The summed E-state index contributed by atoms with van der Waals surface area (Å²) in [5.74, 6) is 1.35. The van der Waals surface area contributed by atoms with Crippen molar-refractivity contribution in [3.63, 3.8) is 0 Å². The number of hydrogen-bond acceptors (Lipinski definition) is 8. The minimum Gasteiger partial charge on any atom is -0.493 e. The molecule has 8 nitrogen and oxygen atoms in total. The van der Waals surface area contributed by atoms with Crippen molar-refractivity contribution >= 4 is 38.3 Å². The van der Waals surface area contributed by atoms with E-state index in [0.717, 1.165) is 53.8 Å². The third-order valence-corrected chi connectivity index (χ3v) is 6.97. The summed E-state index contributed by atoms with van der Waals surface area (Å²) >= 11 is 1.68. The monoisotopic (exact) mass is 469 g/mol. The molecule has 1 fully saturated rings. The second-order valence-electron chi connectivity index (χ2n) is 8.17. The van der Waals surface area contributed by atoms with Crippen molar-refractivity contribution in [1.29, 1.82) is 0 Å². The Kier molecular flexibility index (Phi) is 7.20. The molecule has 0 unspecified atom stereocenters. The van der Waals surface area contributed by atoms with Gasteiger partial charge in [0.1, 0.15) is 5.52 Å². The number of nitrogens with one attached hydrogen (secondary N) is 1. The number of carbonyl (C=O) groups is 1. The number of thiazole rings is 1. The Balaban J connectivity index is 1.27. The highest BCUT2D eigenvalue weighted by Crippen LogP contribution is 2.40. The normalized spacial score (nSPS) is 14.4. The lowest BCUT2D eigenvalue weighted by molar-refractivity contribution is 0.0948. The van der Waals surface area contributed by atoms with Gasteiger partial charge in [-0.25, -0.2) is 4.98 Å². The van der Waals surface area contributed by atoms with Crippen LogP contribution in [0.15, 0.2) is 36.4 Å². The number of anilines is 2. The van der Waals surface area contributed by atoms with Crippen LogP contribution in [0, 0.1) is 0 Å². The first-order valence-corrected chi connectivity index (χ1v) is 11.9. The van der Waals surface area contributed by atoms with Gasteiger partial charge in [0.15, 0.2) is 16.6 Å². The van der Waals surface area contributed by atoms with Crippen LogP contribution in [0.1, 0.15) is 10.4 Å².